The first-order chi connectivity index (χ1) is 15.6. The van der Waals surface area contributed by atoms with Crippen LogP contribution >= 0.6 is 0 Å². The third-order valence-electron chi connectivity index (χ3n) is 5.26. The van der Waals surface area contributed by atoms with E-state index < -0.39 is 36.6 Å². The van der Waals surface area contributed by atoms with Gasteiger partial charge in [-0.05, 0) is 35.9 Å². The normalized spacial score (nSPS) is 15.4. The largest absolute Gasteiger partial charge is 0.573 e. The molecule has 0 spiro atoms. The van der Waals surface area contributed by atoms with Gasteiger partial charge < -0.3 is 19.8 Å². The minimum atomic E-state index is -4.83. The van der Waals surface area contributed by atoms with Crippen LogP contribution in [0, 0.1) is 0 Å². The Morgan fingerprint density at radius 2 is 1.91 bits per heavy atom. The molecule has 0 radical (unpaired) electrons. The summed E-state index contributed by atoms with van der Waals surface area (Å²) in [4.78, 5) is 17.3. The van der Waals surface area contributed by atoms with Crippen LogP contribution in [0.2, 0.25) is 0 Å². The van der Waals surface area contributed by atoms with Crippen molar-refractivity contribution in [2.45, 2.75) is 18.4 Å². The van der Waals surface area contributed by atoms with Gasteiger partial charge in [0.05, 0.1) is 18.0 Å². The molecule has 12 heteroatoms. The summed E-state index contributed by atoms with van der Waals surface area (Å²) in [5.41, 5.74) is 1.46. The van der Waals surface area contributed by atoms with Crippen molar-refractivity contribution in [2.24, 2.45) is 0 Å². The van der Waals surface area contributed by atoms with E-state index >= 15 is 0 Å². The molecule has 2 aromatic heterocycles. The fraction of sp³-hybridized carbons (Fsp3) is 0.286. The molecule has 3 aromatic rings. The molecule has 3 heterocycles. The summed E-state index contributed by atoms with van der Waals surface area (Å²) in [6.45, 7) is 2.73. The smallest absolute Gasteiger partial charge is 0.406 e. The van der Waals surface area contributed by atoms with Gasteiger partial charge in [0, 0.05) is 30.6 Å². The van der Waals surface area contributed by atoms with Crippen molar-refractivity contribution >= 4 is 16.9 Å². The molecule has 0 saturated carbocycles. The lowest BCUT2D eigenvalue weighted by Crippen LogP contribution is -2.48. The van der Waals surface area contributed by atoms with Crippen LogP contribution in [0.15, 0.2) is 48.9 Å². The highest BCUT2D eigenvalue weighted by atomic mass is 19.4. The SMILES string of the molecule is C=C(F)C(=O)N1CC(c2nn(-c3ccc(OC(F)(F)F)cc3)c3nccc([C@@H](O)CO)c23)C1. The van der Waals surface area contributed by atoms with Crippen LogP contribution in [0.3, 0.4) is 0 Å². The predicted molar refractivity (Wildman–Crippen MR) is 107 cm³/mol. The number of aromatic nitrogens is 3. The average Bonchev–Trinajstić information content (AvgIpc) is 3.11. The molecule has 0 bridgehead atoms. The van der Waals surface area contributed by atoms with E-state index in [1.165, 1.54) is 34.0 Å². The number of carbonyl (C=O) groups excluding carboxylic acids is 1. The first kappa shape index (κ1) is 22.7. The van der Waals surface area contributed by atoms with Crippen LogP contribution in [-0.4, -0.2) is 61.8 Å². The van der Waals surface area contributed by atoms with E-state index in [-0.39, 0.29) is 19.0 Å². The number of aliphatic hydroxyl groups excluding tert-OH is 2. The molecule has 0 unspecified atom stereocenters. The number of rotatable bonds is 6. The van der Waals surface area contributed by atoms with Crippen molar-refractivity contribution in [2.75, 3.05) is 19.7 Å². The van der Waals surface area contributed by atoms with Gasteiger partial charge in [-0.3, -0.25) is 4.79 Å². The van der Waals surface area contributed by atoms with Crippen molar-refractivity contribution in [1.29, 1.82) is 0 Å². The number of aliphatic hydroxyl groups is 2. The van der Waals surface area contributed by atoms with Crippen LogP contribution in [0.25, 0.3) is 16.7 Å². The summed E-state index contributed by atoms with van der Waals surface area (Å²) in [6, 6.07) is 6.48. The summed E-state index contributed by atoms with van der Waals surface area (Å²) < 4.78 is 55.8. The van der Waals surface area contributed by atoms with Gasteiger partial charge in [-0.25, -0.2) is 14.1 Å². The molecule has 0 aliphatic carbocycles. The first-order valence-electron chi connectivity index (χ1n) is 9.75. The fourth-order valence-electron chi connectivity index (χ4n) is 3.71. The summed E-state index contributed by atoms with van der Waals surface area (Å²) in [6.07, 6.45) is -4.66. The zero-order chi connectivity index (χ0) is 23.9. The van der Waals surface area contributed by atoms with Crippen molar-refractivity contribution in [3.8, 4) is 11.4 Å². The van der Waals surface area contributed by atoms with Crippen molar-refractivity contribution in [3.05, 3.63) is 60.2 Å². The van der Waals surface area contributed by atoms with Crippen LogP contribution in [0.1, 0.15) is 23.3 Å². The van der Waals surface area contributed by atoms with Crippen molar-refractivity contribution in [3.63, 3.8) is 0 Å². The highest BCUT2D eigenvalue weighted by Gasteiger charge is 2.37. The summed E-state index contributed by atoms with van der Waals surface area (Å²) >= 11 is 0. The maximum Gasteiger partial charge on any atom is 0.573 e. The Kier molecular flexibility index (Phi) is 5.80. The number of benzene rings is 1. The average molecular weight is 466 g/mol. The molecule has 1 aliphatic heterocycles. The molecular formula is C21H18F4N4O4. The van der Waals surface area contributed by atoms with Crippen LogP contribution in [0.4, 0.5) is 17.6 Å². The quantitative estimate of drug-likeness (QED) is 0.428. The zero-order valence-electron chi connectivity index (χ0n) is 17.0. The molecular weight excluding hydrogens is 448 g/mol. The number of pyridine rings is 1. The lowest BCUT2D eigenvalue weighted by atomic mass is 9.92. The van der Waals surface area contributed by atoms with E-state index in [9.17, 15) is 32.6 Å². The standard InChI is InChI=1S/C21H18F4N4O4/c1-11(22)20(32)28-8-12(9-28)18-17-15(16(31)10-30)6-7-26-19(17)29(27-18)13-2-4-14(5-3-13)33-21(23,24)25/h2-7,12,16,30-31H,1,8-10H2/t16-/m0/s1. The fourth-order valence-corrected chi connectivity index (χ4v) is 3.71. The summed E-state index contributed by atoms with van der Waals surface area (Å²) in [5.74, 6) is -2.64. The monoisotopic (exact) mass is 466 g/mol. The highest BCUT2D eigenvalue weighted by Crippen LogP contribution is 2.36. The molecule has 174 valence electrons. The molecule has 2 N–H and O–H groups in total. The minimum Gasteiger partial charge on any atom is -0.406 e. The van der Waals surface area contributed by atoms with E-state index in [2.05, 4.69) is 21.4 Å². The third kappa shape index (κ3) is 4.39. The van der Waals surface area contributed by atoms with Gasteiger partial charge in [-0.2, -0.15) is 5.10 Å². The number of likely N-dealkylation sites (tertiary alicyclic amines) is 1. The number of fused-ring (bicyclic) bond motifs is 1. The molecule has 8 nitrogen and oxygen atoms in total. The number of ether oxygens (including phenoxy) is 1. The zero-order valence-corrected chi connectivity index (χ0v) is 17.0. The summed E-state index contributed by atoms with van der Waals surface area (Å²) in [7, 11) is 0. The molecule has 1 saturated heterocycles. The van der Waals surface area contributed by atoms with E-state index in [0.29, 0.717) is 28.0 Å². The Hall–Kier alpha value is -3.51. The van der Waals surface area contributed by atoms with Crippen LogP contribution < -0.4 is 4.74 Å². The second-order valence-corrected chi connectivity index (χ2v) is 7.45. The van der Waals surface area contributed by atoms with E-state index in [0.717, 1.165) is 12.1 Å². The Labute approximate surface area is 184 Å². The van der Waals surface area contributed by atoms with Gasteiger partial charge >= 0.3 is 6.36 Å². The highest BCUT2D eigenvalue weighted by molar-refractivity contribution is 5.92. The van der Waals surface area contributed by atoms with Gasteiger partial charge in [0.15, 0.2) is 11.5 Å². The minimum absolute atomic E-state index is 0.149. The molecule has 33 heavy (non-hydrogen) atoms. The van der Waals surface area contributed by atoms with Crippen LogP contribution in [-0.2, 0) is 4.79 Å². The van der Waals surface area contributed by atoms with Crippen molar-refractivity contribution in [1.82, 2.24) is 19.7 Å². The lowest BCUT2D eigenvalue weighted by molar-refractivity contribution is -0.274. The second kappa shape index (κ2) is 8.45. The number of amides is 1. The van der Waals surface area contributed by atoms with Crippen LogP contribution in [0.5, 0.6) is 5.75 Å². The molecule has 1 atom stereocenters. The summed E-state index contributed by atoms with van der Waals surface area (Å²) in [5, 5.41) is 24.7. The van der Waals surface area contributed by atoms with Gasteiger partial charge in [0.1, 0.15) is 11.9 Å². The van der Waals surface area contributed by atoms with E-state index in [1.54, 1.807) is 0 Å². The molecule has 1 fully saturated rings. The molecule has 1 aromatic carbocycles. The van der Waals surface area contributed by atoms with Gasteiger partial charge in [0.2, 0.25) is 0 Å². The third-order valence-corrected chi connectivity index (χ3v) is 5.26. The number of halogens is 4. The Morgan fingerprint density at radius 3 is 2.48 bits per heavy atom. The van der Waals surface area contributed by atoms with E-state index in [4.69, 9.17) is 0 Å². The maximum absolute atomic E-state index is 13.2. The number of hydrogen-bond acceptors (Lipinski definition) is 6. The number of nitrogens with zero attached hydrogens (tertiary/aromatic N) is 4. The lowest BCUT2D eigenvalue weighted by Gasteiger charge is -2.38. The molecule has 1 amide bonds. The second-order valence-electron chi connectivity index (χ2n) is 7.45. The van der Waals surface area contributed by atoms with E-state index in [1.807, 2.05) is 0 Å². The molecule has 4 rings (SSSR count). The Balaban J connectivity index is 1.76. The van der Waals surface area contributed by atoms with Gasteiger partial charge in [-0.15, -0.1) is 13.2 Å². The predicted octanol–water partition coefficient (Wildman–Crippen LogP) is 2.75. The first-order valence-corrected chi connectivity index (χ1v) is 9.75. The molecule has 1 aliphatic rings. The number of carbonyl (C=O) groups is 1. The number of alkyl halides is 3. The maximum atomic E-state index is 13.2. The Bertz CT molecular complexity index is 1200. The number of hydrogen-bond donors (Lipinski definition) is 2. The van der Waals surface area contributed by atoms with Crippen molar-refractivity contribution < 1.29 is 37.3 Å². The van der Waals surface area contributed by atoms with Gasteiger partial charge in [-0.1, -0.05) is 6.58 Å². The Morgan fingerprint density at radius 1 is 1.24 bits per heavy atom. The van der Waals surface area contributed by atoms with Gasteiger partial charge in [0.25, 0.3) is 5.91 Å². The topological polar surface area (TPSA) is 101 Å².